The lowest BCUT2D eigenvalue weighted by molar-refractivity contribution is 0.0973. The summed E-state index contributed by atoms with van der Waals surface area (Å²) in [4.78, 5) is 16.2. The molecule has 2 atom stereocenters. The molecule has 2 rings (SSSR count). The normalized spacial score (nSPS) is 20.4. The number of nitrogens with one attached hydrogen (secondary N) is 1. The fourth-order valence-corrected chi connectivity index (χ4v) is 4.38. The maximum absolute atomic E-state index is 12.0. The lowest BCUT2D eigenvalue weighted by Crippen LogP contribution is -2.34. The zero-order chi connectivity index (χ0) is 15.5. The van der Waals surface area contributed by atoms with Gasteiger partial charge in [-0.1, -0.05) is 20.3 Å². The van der Waals surface area contributed by atoms with Crippen LogP contribution in [0.15, 0.2) is 5.38 Å². The minimum absolute atomic E-state index is 0.00758. The van der Waals surface area contributed by atoms with E-state index in [4.69, 9.17) is 4.74 Å². The smallest absolute Gasteiger partial charge is 0.284 e. The number of hydrogen-bond acceptors (Lipinski definition) is 6. The molecule has 1 saturated heterocycles. The van der Waals surface area contributed by atoms with Gasteiger partial charge in [0.2, 0.25) is 10.0 Å². The maximum Gasteiger partial charge on any atom is 0.284 e. The van der Waals surface area contributed by atoms with Crippen LogP contribution in [0.25, 0.3) is 0 Å². The first-order chi connectivity index (χ1) is 9.91. The highest BCUT2D eigenvalue weighted by Crippen LogP contribution is 2.30. The second-order valence-corrected chi connectivity index (χ2v) is 7.96. The van der Waals surface area contributed by atoms with Gasteiger partial charge < -0.3 is 4.74 Å². The highest BCUT2D eigenvalue weighted by atomic mass is 32.2. The van der Waals surface area contributed by atoms with Crippen molar-refractivity contribution in [2.75, 3.05) is 12.4 Å². The molecule has 0 aromatic carbocycles. The number of amides is 1. The van der Waals surface area contributed by atoms with Crippen molar-refractivity contribution in [2.45, 2.75) is 39.2 Å². The SMILES string of the molecule is CCC(C)CS(=O)(=O)NC(=O)c1csc(C2CCCO2)n1. The Kier molecular flexibility index (Phi) is 5.34. The van der Waals surface area contributed by atoms with Crippen molar-refractivity contribution in [3.05, 3.63) is 16.1 Å². The second kappa shape index (κ2) is 6.85. The number of thiazole rings is 1. The van der Waals surface area contributed by atoms with Crippen molar-refractivity contribution >= 4 is 27.3 Å². The van der Waals surface area contributed by atoms with Gasteiger partial charge in [0.25, 0.3) is 5.91 Å². The highest BCUT2D eigenvalue weighted by Gasteiger charge is 2.24. The third-order valence-corrected chi connectivity index (χ3v) is 5.85. The summed E-state index contributed by atoms with van der Waals surface area (Å²) >= 11 is 1.33. The van der Waals surface area contributed by atoms with Gasteiger partial charge in [-0.25, -0.2) is 18.1 Å². The fourth-order valence-electron chi connectivity index (χ4n) is 2.04. The van der Waals surface area contributed by atoms with Gasteiger partial charge in [0.1, 0.15) is 16.8 Å². The van der Waals surface area contributed by atoms with Gasteiger partial charge >= 0.3 is 0 Å². The summed E-state index contributed by atoms with van der Waals surface area (Å²) in [5.74, 6) is -0.718. The van der Waals surface area contributed by atoms with Crippen LogP contribution in [0.5, 0.6) is 0 Å². The molecule has 6 nitrogen and oxygen atoms in total. The van der Waals surface area contributed by atoms with Gasteiger partial charge in [-0.3, -0.25) is 4.79 Å². The van der Waals surface area contributed by atoms with E-state index < -0.39 is 15.9 Å². The lowest BCUT2D eigenvalue weighted by atomic mass is 10.2. The first-order valence-electron chi connectivity index (χ1n) is 7.03. The molecule has 1 aliphatic rings. The van der Waals surface area contributed by atoms with Gasteiger partial charge in [-0.2, -0.15) is 0 Å². The van der Waals surface area contributed by atoms with Crippen LogP contribution < -0.4 is 4.72 Å². The van der Waals surface area contributed by atoms with Crippen LogP contribution in [0.1, 0.15) is 54.7 Å². The lowest BCUT2D eigenvalue weighted by Gasteiger charge is -2.09. The predicted octanol–water partition coefficient (Wildman–Crippen LogP) is 2.10. The van der Waals surface area contributed by atoms with E-state index >= 15 is 0 Å². The number of nitrogens with zero attached hydrogens (tertiary/aromatic N) is 1. The van der Waals surface area contributed by atoms with E-state index in [2.05, 4.69) is 9.71 Å². The molecule has 1 amide bonds. The molecule has 0 radical (unpaired) electrons. The number of sulfonamides is 1. The van der Waals surface area contributed by atoms with Gasteiger partial charge in [0, 0.05) is 12.0 Å². The van der Waals surface area contributed by atoms with Crippen LogP contribution in [0.4, 0.5) is 0 Å². The number of carbonyl (C=O) groups excluding carboxylic acids is 1. The Morgan fingerprint density at radius 2 is 2.38 bits per heavy atom. The number of rotatable bonds is 6. The number of carbonyl (C=O) groups is 1. The Bertz CT molecular complexity index is 591. The van der Waals surface area contributed by atoms with Crippen LogP contribution in [-0.2, 0) is 14.8 Å². The maximum atomic E-state index is 12.0. The van der Waals surface area contributed by atoms with E-state index in [1.165, 1.54) is 11.3 Å². The van der Waals surface area contributed by atoms with Gasteiger partial charge in [0.05, 0.1) is 5.75 Å². The van der Waals surface area contributed by atoms with Gasteiger partial charge in [0.15, 0.2) is 0 Å². The van der Waals surface area contributed by atoms with Crippen LogP contribution in [-0.4, -0.2) is 31.7 Å². The Morgan fingerprint density at radius 3 is 3.00 bits per heavy atom. The first kappa shape index (κ1) is 16.4. The second-order valence-electron chi connectivity index (χ2n) is 5.30. The summed E-state index contributed by atoms with van der Waals surface area (Å²) in [6, 6.07) is 0. The summed E-state index contributed by atoms with van der Waals surface area (Å²) in [6.45, 7) is 4.45. The average molecular weight is 332 g/mol. The molecule has 0 spiro atoms. The fraction of sp³-hybridized carbons (Fsp3) is 0.692. The molecular formula is C13H20N2O4S2. The molecule has 1 aromatic heterocycles. The predicted molar refractivity (Wildman–Crippen MR) is 80.7 cm³/mol. The van der Waals surface area contributed by atoms with E-state index in [0.717, 1.165) is 24.3 Å². The minimum atomic E-state index is -3.62. The van der Waals surface area contributed by atoms with Crippen LogP contribution in [0.2, 0.25) is 0 Å². The van der Waals surface area contributed by atoms with Crippen molar-refractivity contribution in [3.8, 4) is 0 Å². The molecule has 2 unspecified atom stereocenters. The quantitative estimate of drug-likeness (QED) is 0.862. The molecule has 1 aromatic rings. The van der Waals surface area contributed by atoms with E-state index in [0.29, 0.717) is 6.61 Å². The van der Waals surface area contributed by atoms with Crippen LogP contribution in [0, 0.1) is 5.92 Å². The largest absolute Gasteiger partial charge is 0.371 e. The Morgan fingerprint density at radius 1 is 1.62 bits per heavy atom. The molecule has 1 fully saturated rings. The molecule has 1 N–H and O–H groups in total. The Balaban J connectivity index is 2.00. The topological polar surface area (TPSA) is 85.4 Å². The van der Waals surface area contributed by atoms with E-state index in [1.54, 1.807) is 5.38 Å². The molecule has 2 heterocycles. The van der Waals surface area contributed by atoms with Crippen molar-refractivity contribution in [1.82, 2.24) is 9.71 Å². The average Bonchev–Trinajstić information content (AvgIpc) is 3.08. The molecule has 8 heteroatoms. The molecule has 0 saturated carbocycles. The van der Waals surface area contributed by atoms with Gasteiger partial charge in [-0.05, 0) is 18.8 Å². The zero-order valence-electron chi connectivity index (χ0n) is 12.2. The Hall–Kier alpha value is -0.990. The standard InChI is InChI=1S/C13H20N2O4S2/c1-3-9(2)8-21(17,18)15-12(16)10-7-20-13(14-10)11-5-4-6-19-11/h7,9,11H,3-6,8H2,1-2H3,(H,15,16). The van der Waals surface area contributed by atoms with Crippen molar-refractivity contribution in [2.24, 2.45) is 5.92 Å². The summed E-state index contributed by atoms with van der Waals surface area (Å²) in [5, 5.41) is 2.31. The molecular weight excluding hydrogens is 312 g/mol. The monoisotopic (exact) mass is 332 g/mol. The molecule has 0 aliphatic carbocycles. The van der Waals surface area contributed by atoms with Crippen molar-refractivity contribution in [3.63, 3.8) is 0 Å². The van der Waals surface area contributed by atoms with E-state index in [9.17, 15) is 13.2 Å². The summed E-state index contributed by atoms with van der Waals surface area (Å²) < 4.78 is 31.3. The summed E-state index contributed by atoms with van der Waals surface area (Å²) in [6.07, 6.45) is 2.55. The third-order valence-electron chi connectivity index (χ3n) is 3.41. The first-order valence-corrected chi connectivity index (χ1v) is 9.56. The number of ether oxygens (including phenoxy) is 1. The number of aromatic nitrogens is 1. The summed E-state index contributed by atoms with van der Waals surface area (Å²) in [5.41, 5.74) is 0.137. The van der Waals surface area contributed by atoms with Gasteiger partial charge in [-0.15, -0.1) is 11.3 Å². The molecule has 118 valence electrons. The van der Waals surface area contributed by atoms with Crippen molar-refractivity contribution in [1.29, 1.82) is 0 Å². The molecule has 21 heavy (non-hydrogen) atoms. The molecule has 1 aliphatic heterocycles. The molecule has 0 bridgehead atoms. The van der Waals surface area contributed by atoms with Crippen LogP contribution >= 0.6 is 11.3 Å². The summed E-state index contributed by atoms with van der Waals surface area (Å²) in [7, 11) is -3.62. The zero-order valence-corrected chi connectivity index (χ0v) is 13.8. The van der Waals surface area contributed by atoms with Crippen LogP contribution in [0.3, 0.4) is 0 Å². The van der Waals surface area contributed by atoms with Crippen molar-refractivity contribution < 1.29 is 17.9 Å². The van der Waals surface area contributed by atoms with E-state index in [1.807, 2.05) is 13.8 Å². The third kappa shape index (κ3) is 4.49. The van der Waals surface area contributed by atoms with E-state index in [-0.39, 0.29) is 23.5 Å². The number of hydrogen-bond donors (Lipinski definition) is 1. The minimum Gasteiger partial charge on any atom is -0.371 e. The highest BCUT2D eigenvalue weighted by molar-refractivity contribution is 7.90. The Labute approximate surface area is 129 Å².